The summed E-state index contributed by atoms with van der Waals surface area (Å²) in [6, 6.07) is 9.31. The number of carboxylic acids is 3. The minimum absolute atomic E-state index is 0.138. The summed E-state index contributed by atoms with van der Waals surface area (Å²) >= 11 is 0. The van der Waals surface area contributed by atoms with Gasteiger partial charge >= 0.3 is 29.8 Å². The van der Waals surface area contributed by atoms with Crippen molar-refractivity contribution in [2.75, 3.05) is 0 Å². The van der Waals surface area contributed by atoms with Crippen LogP contribution in [-0.2, 0) is 44.6 Å². The maximum Gasteiger partial charge on any atom is 0.343 e. The summed E-state index contributed by atoms with van der Waals surface area (Å²) in [5.41, 5.74) is -8.89. The van der Waals surface area contributed by atoms with E-state index in [0.29, 0.717) is 24.3 Å². The first kappa shape index (κ1) is 42.1. The zero-order chi connectivity index (χ0) is 38.2. The second kappa shape index (κ2) is 17.2. The van der Waals surface area contributed by atoms with Gasteiger partial charge in [0.2, 0.25) is 11.2 Å². The Morgan fingerprint density at radius 3 is 2.18 bits per heavy atom. The molecule has 1 aromatic carbocycles. The first-order valence-electron chi connectivity index (χ1n) is 16.4. The third-order valence-electron chi connectivity index (χ3n) is 9.38. The molecule has 1 aliphatic heterocycles. The molecule has 0 spiro atoms. The summed E-state index contributed by atoms with van der Waals surface area (Å²) in [5, 5.41) is 63.5. The van der Waals surface area contributed by atoms with Gasteiger partial charge in [0, 0.05) is 18.9 Å². The zero-order valence-corrected chi connectivity index (χ0v) is 29.3. The lowest BCUT2D eigenvalue weighted by molar-refractivity contribution is -0.258. The number of aliphatic hydroxyl groups is 3. The van der Waals surface area contributed by atoms with E-state index in [1.807, 2.05) is 58.0 Å². The Bertz CT molecular complexity index is 1420. The number of ether oxygens (including phenoxy) is 3. The molecule has 7 unspecified atom stereocenters. The molecule has 0 aromatic heterocycles. The van der Waals surface area contributed by atoms with Crippen molar-refractivity contribution < 1.29 is 68.8 Å². The highest BCUT2D eigenvalue weighted by molar-refractivity contribution is 5.97. The number of aliphatic carboxylic acids is 3. The van der Waals surface area contributed by atoms with Crippen LogP contribution in [0.1, 0.15) is 72.8 Å². The highest BCUT2D eigenvalue weighted by atomic mass is 16.6. The molecule has 14 nitrogen and oxygen atoms in total. The van der Waals surface area contributed by atoms with Crippen LogP contribution in [0.2, 0.25) is 0 Å². The van der Waals surface area contributed by atoms with Gasteiger partial charge in [-0.15, -0.1) is 0 Å². The van der Waals surface area contributed by atoms with Gasteiger partial charge in [-0.05, 0) is 55.6 Å². The molecule has 50 heavy (non-hydrogen) atoms. The van der Waals surface area contributed by atoms with Crippen LogP contribution in [0.15, 0.2) is 54.6 Å². The van der Waals surface area contributed by atoms with Gasteiger partial charge < -0.3 is 44.8 Å². The van der Waals surface area contributed by atoms with Crippen molar-refractivity contribution in [3.63, 3.8) is 0 Å². The number of carboxylic acid groups (broad SMARTS) is 3. The minimum atomic E-state index is -4.20. The van der Waals surface area contributed by atoms with Crippen molar-refractivity contribution in [2.45, 2.75) is 115 Å². The third kappa shape index (κ3) is 9.16. The fraction of sp³-hybridized carbons (Fsp3) is 0.583. The lowest BCUT2D eigenvalue weighted by Gasteiger charge is -2.42. The largest absolute Gasteiger partial charge is 0.479 e. The number of allylic oxidation sites excluding steroid dienone is 1. The number of hydrogen-bond acceptors (Lipinski definition) is 11. The molecule has 0 radical (unpaired) electrons. The van der Waals surface area contributed by atoms with Crippen LogP contribution in [-0.4, -0.2) is 102 Å². The standard InChI is InChI=1S/C36H50O14/c1-8-20(2)18-21(3)14-15-26(38)49-30-28(39)34(7,50-36(30,33(45)46)35(47,32(43)44)29(40)31(41)42)17-16-22(4)27(48-24(6)37)23(5)19-25-12-10-9-11-13-25/h9-15,20-21,23,27-30,39-40,47H,4,8,16-19H2,1-3,5-7H3,(H,41,42)(H,43,44)(H,45,46)/b15-14+/t20?,21?,23?,27?,28-,29?,30?,34+,35?,36-/m1/s1. The number of esters is 2. The summed E-state index contributed by atoms with van der Waals surface area (Å²) < 4.78 is 16.6. The molecule has 2 rings (SSSR count). The highest BCUT2D eigenvalue weighted by Gasteiger charge is 2.80. The molecule has 1 fully saturated rings. The molecular formula is C36H50O14. The maximum atomic E-state index is 13.1. The normalized spacial score (nSPS) is 26.2. The van der Waals surface area contributed by atoms with Gasteiger partial charge in [0.05, 0.1) is 5.60 Å². The monoisotopic (exact) mass is 706 g/mol. The van der Waals surface area contributed by atoms with Crippen LogP contribution in [0.25, 0.3) is 0 Å². The van der Waals surface area contributed by atoms with E-state index in [2.05, 4.69) is 6.58 Å². The summed E-state index contributed by atoms with van der Waals surface area (Å²) in [7, 11) is 0. The van der Waals surface area contributed by atoms with Crippen LogP contribution < -0.4 is 0 Å². The van der Waals surface area contributed by atoms with E-state index in [0.717, 1.165) is 25.0 Å². The first-order chi connectivity index (χ1) is 23.2. The Morgan fingerprint density at radius 1 is 1.08 bits per heavy atom. The van der Waals surface area contributed by atoms with Gasteiger partial charge in [-0.1, -0.05) is 77.1 Å². The molecule has 0 aliphatic carbocycles. The van der Waals surface area contributed by atoms with Crippen molar-refractivity contribution in [3.8, 4) is 0 Å². The Hall–Kier alpha value is -4.11. The van der Waals surface area contributed by atoms with E-state index < -0.39 is 71.1 Å². The molecule has 6 N–H and O–H groups in total. The summed E-state index contributed by atoms with van der Waals surface area (Å²) in [6.45, 7) is 14.0. The lowest BCUT2D eigenvalue weighted by atomic mass is 9.73. The SMILES string of the molecule is C=C(CC[C@]1(C)O[C@](C(=O)O)(C(O)(C(=O)O)C(O)C(=O)O)C(OC(=O)/C=C/C(C)CC(C)CC)[C@H]1O)C(OC(C)=O)C(C)Cc1ccccc1. The van der Waals surface area contributed by atoms with Crippen LogP contribution >= 0.6 is 0 Å². The quantitative estimate of drug-likeness (QED) is 0.0690. The van der Waals surface area contributed by atoms with E-state index in [4.69, 9.17) is 14.2 Å². The van der Waals surface area contributed by atoms with Gasteiger partial charge in [-0.25, -0.2) is 19.2 Å². The fourth-order valence-electron chi connectivity index (χ4n) is 6.37. The van der Waals surface area contributed by atoms with Crippen molar-refractivity contribution in [1.82, 2.24) is 0 Å². The molecule has 10 atom stereocenters. The summed E-state index contributed by atoms with van der Waals surface area (Å²) in [4.78, 5) is 62.5. The van der Waals surface area contributed by atoms with Crippen LogP contribution in [0, 0.1) is 17.8 Å². The minimum Gasteiger partial charge on any atom is -0.479 e. The van der Waals surface area contributed by atoms with Crippen LogP contribution in [0.4, 0.5) is 0 Å². The molecule has 1 saturated heterocycles. The second-order valence-corrected chi connectivity index (χ2v) is 13.5. The van der Waals surface area contributed by atoms with E-state index in [9.17, 15) is 54.6 Å². The second-order valence-electron chi connectivity index (χ2n) is 13.5. The van der Waals surface area contributed by atoms with Crippen LogP contribution in [0.5, 0.6) is 0 Å². The number of hydrogen-bond donors (Lipinski definition) is 6. The molecule has 0 amide bonds. The van der Waals surface area contributed by atoms with Crippen molar-refractivity contribution in [3.05, 3.63) is 60.2 Å². The average molecular weight is 707 g/mol. The number of benzene rings is 1. The Balaban J connectivity index is 2.57. The van der Waals surface area contributed by atoms with Crippen molar-refractivity contribution in [2.24, 2.45) is 17.8 Å². The lowest BCUT2D eigenvalue weighted by Crippen LogP contribution is -2.75. The number of aliphatic hydroxyl groups excluding tert-OH is 2. The molecular weight excluding hydrogens is 656 g/mol. The molecule has 0 saturated carbocycles. The Kier molecular flexibility index (Phi) is 14.5. The van der Waals surface area contributed by atoms with Gasteiger partial charge in [-0.2, -0.15) is 0 Å². The predicted octanol–water partition coefficient (Wildman–Crippen LogP) is 2.91. The molecule has 278 valence electrons. The van der Waals surface area contributed by atoms with Gasteiger partial charge in [0.25, 0.3) is 0 Å². The number of rotatable bonds is 19. The van der Waals surface area contributed by atoms with E-state index in [1.165, 1.54) is 13.0 Å². The molecule has 1 aromatic rings. The summed E-state index contributed by atoms with van der Waals surface area (Å²) in [5.74, 6) is -9.26. The summed E-state index contributed by atoms with van der Waals surface area (Å²) in [6.07, 6.45) is -5.08. The molecule has 1 heterocycles. The average Bonchev–Trinajstić information content (AvgIpc) is 3.27. The third-order valence-corrected chi connectivity index (χ3v) is 9.38. The topological polar surface area (TPSA) is 234 Å². The smallest absolute Gasteiger partial charge is 0.343 e. The Labute approximate surface area is 291 Å². The predicted molar refractivity (Wildman–Crippen MR) is 178 cm³/mol. The van der Waals surface area contributed by atoms with E-state index in [1.54, 1.807) is 0 Å². The fourth-order valence-corrected chi connectivity index (χ4v) is 6.37. The van der Waals surface area contributed by atoms with Crippen molar-refractivity contribution >= 4 is 29.8 Å². The number of carbonyl (C=O) groups excluding carboxylic acids is 2. The van der Waals surface area contributed by atoms with E-state index >= 15 is 0 Å². The van der Waals surface area contributed by atoms with E-state index in [-0.39, 0.29) is 24.7 Å². The van der Waals surface area contributed by atoms with Crippen LogP contribution in [0.3, 0.4) is 0 Å². The first-order valence-corrected chi connectivity index (χ1v) is 16.4. The van der Waals surface area contributed by atoms with Crippen molar-refractivity contribution in [1.29, 1.82) is 0 Å². The highest BCUT2D eigenvalue weighted by Crippen LogP contribution is 2.50. The number of carbonyl (C=O) groups is 5. The molecule has 1 aliphatic rings. The molecule has 14 heteroatoms. The van der Waals surface area contributed by atoms with Gasteiger partial charge in [-0.3, -0.25) is 4.79 Å². The molecule has 0 bridgehead atoms. The van der Waals surface area contributed by atoms with Gasteiger partial charge in [0.15, 0.2) is 12.2 Å². The van der Waals surface area contributed by atoms with Gasteiger partial charge in [0.1, 0.15) is 12.2 Å². The maximum absolute atomic E-state index is 13.1. The zero-order valence-electron chi connectivity index (χ0n) is 29.3. The Morgan fingerprint density at radius 2 is 1.68 bits per heavy atom.